The fraction of sp³-hybridized carbons (Fsp3) is 0.200. The molecule has 6 nitrogen and oxygen atoms in total. The van der Waals surface area contributed by atoms with E-state index < -0.39 is 0 Å². The molecule has 1 heterocycles. The summed E-state index contributed by atoms with van der Waals surface area (Å²) in [5.74, 6) is 1.99. The summed E-state index contributed by atoms with van der Waals surface area (Å²) in [5.41, 5.74) is 2.36. The maximum Gasteiger partial charge on any atom is 0.253 e. The Hall–Kier alpha value is -3.51. The maximum atomic E-state index is 12.6. The van der Waals surface area contributed by atoms with Gasteiger partial charge in [0.05, 0.1) is 41.9 Å². The molecule has 1 amide bonds. The number of carbonyl (C=O) groups excluding carboxylic acids is 1. The Balaban J connectivity index is 1.44. The molecule has 0 aliphatic heterocycles. The molecule has 0 saturated heterocycles. The van der Waals surface area contributed by atoms with Gasteiger partial charge in [0, 0.05) is 6.54 Å². The molecule has 1 N–H and O–H groups in total. The summed E-state index contributed by atoms with van der Waals surface area (Å²) in [6.45, 7) is 1.53. The maximum absolute atomic E-state index is 12.6. The van der Waals surface area contributed by atoms with E-state index in [1.165, 1.54) is 0 Å². The monoisotopic (exact) mass is 449 g/mol. The summed E-state index contributed by atoms with van der Waals surface area (Å²) in [4.78, 5) is 17.3. The van der Waals surface area contributed by atoms with Gasteiger partial charge in [0.25, 0.3) is 5.91 Å². The van der Waals surface area contributed by atoms with E-state index in [1.807, 2.05) is 48.5 Å². The van der Waals surface area contributed by atoms with Crippen molar-refractivity contribution in [3.8, 4) is 11.5 Å². The van der Waals surface area contributed by atoms with Crippen LogP contribution in [0.4, 0.5) is 0 Å². The van der Waals surface area contributed by atoms with Crippen LogP contribution in [0.2, 0.25) is 5.02 Å². The number of imidazole rings is 1. The molecule has 0 bridgehead atoms. The van der Waals surface area contributed by atoms with Gasteiger partial charge >= 0.3 is 0 Å². The van der Waals surface area contributed by atoms with Crippen LogP contribution < -0.4 is 14.8 Å². The molecule has 32 heavy (non-hydrogen) atoms. The Morgan fingerprint density at radius 3 is 2.53 bits per heavy atom. The van der Waals surface area contributed by atoms with Gasteiger partial charge in [-0.2, -0.15) is 0 Å². The standard InChI is InChI=1S/C25H24ClN3O3/c1-31-22-13-6-7-14-23(22)32-16-8-15-29-21-12-5-4-11-20(21)28-24(29)17-27-25(30)18-9-2-3-10-19(18)26/h2-7,9-14H,8,15-17H2,1H3,(H,27,30). The number of nitrogens with one attached hydrogen (secondary N) is 1. The zero-order valence-electron chi connectivity index (χ0n) is 17.8. The smallest absolute Gasteiger partial charge is 0.253 e. The molecule has 0 radical (unpaired) electrons. The van der Waals surface area contributed by atoms with Crippen molar-refractivity contribution in [2.75, 3.05) is 13.7 Å². The average molecular weight is 450 g/mol. The van der Waals surface area contributed by atoms with Crippen molar-refractivity contribution >= 4 is 28.5 Å². The molecule has 164 valence electrons. The summed E-state index contributed by atoms with van der Waals surface area (Å²) in [7, 11) is 1.63. The Morgan fingerprint density at radius 1 is 1.00 bits per heavy atom. The van der Waals surface area contributed by atoms with Crippen LogP contribution in [0.1, 0.15) is 22.6 Å². The lowest BCUT2D eigenvalue weighted by Gasteiger charge is -2.13. The number of para-hydroxylation sites is 4. The number of amides is 1. The van der Waals surface area contributed by atoms with Crippen molar-refractivity contribution in [2.45, 2.75) is 19.5 Å². The number of carbonyl (C=O) groups is 1. The third kappa shape index (κ3) is 4.86. The van der Waals surface area contributed by atoms with Gasteiger partial charge in [-0.3, -0.25) is 4.79 Å². The van der Waals surface area contributed by atoms with Crippen LogP contribution >= 0.6 is 11.6 Å². The number of aryl methyl sites for hydroxylation is 1. The van der Waals surface area contributed by atoms with Gasteiger partial charge in [0.15, 0.2) is 11.5 Å². The third-order valence-electron chi connectivity index (χ3n) is 5.11. The highest BCUT2D eigenvalue weighted by molar-refractivity contribution is 6.33. The molecule has 0 aliphatic rings. The van der Waals surface area contributed by atoms with Crippen molar-refractivity contribution in [1.82, 2.24) is 14.9 Å². The highest BCUT2D eigenvalue weighted by Gasteiger charge is 2.14. The predicted octanol–water partition coefficient (Wildman–Crippen LogP) is 5.10. The minimum atomic E-state index is -0.228. The second-order valence-corrected chi connectivity index (χ2v) is 7.59. The molecule has 0 aliphatic carbocycles. The van der Waals surface area contributed by atoms with Crippen molar-refractivity contribution in [3.05, 3.63) is 89.2 Å². The molecule has 4 aromatic rings. The quantitative estimate of drug-likeness (QED) is 0.361. The number of rotatable bonds is 9. The van der Waals surface area contributed by atoms with Crippen LogP contribution in [0.15, 0.2) is 72.8 Å². The molecule has 4 rings (SSSR count). The minimum Gasteiger partial charge on any atom is -0.493 e. The fourth-order valence-electron chi connectivity index (χ4n) is 3.55. The van der Waals surface area contributed by atoms with Gasteiger partial charge in [-0.15, -0.1) is 0 Å². The van der Waals surface area contributed by atoms with Crippen LogP contribution in [0.3, 0.4) is 0 Å². The topological polar surface area (TPSA) is 65.4 Å². The third-order valence-corrected chi connectivity index (χ3v) is 5.44. The number of hydrogen-bond donors (Lipinski definition) is 1. The van der Waals surface area contributed by atoms with Gasteiger partial charge in [-0.25, -0.2) is 4.98 Å². The Bertz CT molecular complexity index is 1220. The molecule has 3 aromatic carbocycles. The molecule has 1 aromatic heterocycles. The number of nitrogens with zero attached hydrogens (tertiary/aromatic N) is 2. The van der Waals surface area contributed by atoms with Crippen LogP contribution in [0.5, 0.6) is 11.5 Å². The van der Waals surface area contributed by atoms with Gasteiger partial charge < -0.3 is 19.4 Å². The molecular formula is C25H24ClN3O3. The highest BCUT2D eigenvalue weighted by atomic mass is 35.5. The van der Waals surface area contributed by atoms with Gasteiger partial charge in [0.2, 0.25) is 0 Å². The largest absolute Gasteiger partial charge is 0.493 e. The van der Waals surface area contributed by atoms with Crippen LogP contribution in [-0.2, 0) is 13.1 Å². The highest BCUT2D eigenvalue weighted by Crippen LogP contribution is 2.26. The van der Waals surface area contributed by atoms with E-state index >= 15 is 0 Å². The van der Waals surface area contributed by atoms with E-state index in [4.69, 9.17) is 26.1 Å². The average Bonchev–Trinajstić information content (AvgIpc) is 3.18. The van der Waals surface area contributed by atoms with E-state index in [0.29, 0.717) is 36.0 Å². The van der Waals surface area contributed by atoms with E-state index in [-0.39, 0.29) is 5.91 Å². The lowest BCUT2D eigenvalue weighted by molar-refractivity contribution is 0.0949. The molecule has 7 heteroatoms. The number of benzene rings is 3. The molecule has 0 saturated carbocycles. The normalized spacial score (nSPS) is 10.8. The van der Waals surface area contributed by atoms with Crippen LogP contribution in [0.25, 0.3) is 11.0 Å². The van der Waals surface area contributed by atoms with Crippen LogP contribution in [0, 0.1) is 0 Å². The second-order valence-electron chi connectivity index (χ2n) is 7.18. The molecule has 0 spiro atoms. The van der Waals surface area contributed by atoms with Crippen LogP contribution in [-0.4, -0.2) is 29.2 Å². The number of hydrogen-bond acceptors (Lipinski definition) is 4. The number of methoxy groups -OCH3 is 1. The molecular weight excluding hydrogens is 426 g/mol. The Kier molecular flexibility index (Phi) is 6.92. The first kappa shape index (κ1) is 21.7. The molecule has 0 atom stereocenters. The number of fused-ring (bicyclic) bond motifs is 1. The lowest BCUT2D eigenvalue weighted by Crippen LogP contribution is -2.25. The molecule has 0 fully saturated rings. The van der Waals surface area contributed by atoms with Gasteiger partial charge in [0.1, 0.15) is 5.82 Å². The Morgan fingerprint density at radius 2 is 1.72 bits per heavy atom. The van der Waals surface area contributed by atoms with Crippen molar-refractivity contribution in [3.63, 3.8) is 0 Å². The zero-order chi connectivity index (χ0) is 22.3. The van der Waals surface area contributed by atoms with E-state index in [0.717, 1.165) is 29.0 Å². The van der Waals surface area contributed by atoms with E-state index in [1.54, 1.807) is 31.4 Å². The SMILES string of the molecule is COc1ccccc1OCCCn1c(CNC(=O)c2ccccc2Cl)nc2ccccc21. The summed E-state index contributed by atoms with van der Waals surface area (Å²) in [5, 5.41) is 3.36. The zero-order valence-corrected chi connectivity index (χ0v) is 18.5. The number of halogens is 1. The molecule has 0 unspecified atom stereocenters. The summed E-state index contributed by atoms with van der Waals surface area (Å²) >= 11 is 6.15. The van der Waals surface area contributed by atoms with E-state index in [9.17, 15) is 4.79 Å². The van der Waals surface area contributed by atoms with Gasteiger partial charge in [-0.05, 0) is 42.8 Å². The summed E-state index contributed by atoms with van der Waals surface area (Å²) in [6.07, 6.45) is 0.768. The number of aromatic nitrogens is 2. The lowest BCUT2D eigenvalue weighted by atomic mass is 10.2. The predicted molar refractivity (Wildman–Crippen MR) is 125 cm³/mol. The van der Waals surface area contributed by atoms with Crippen molar-refractivity contribution in [1.29, 1.82) is 0 Å². The first-order valence-corrected chi connectivity index (χ1v) is 10.8. The van der Waals surface area contributed by atoms with Crippen molar-refractivity contribution in [2.24, 2.45) is 0 Å². The van der Waals surface area contributed by atoms with Gasteiger partial charge in [-0.1, -0.05) is 48.0 Å². The Labute approximate surface area is 191 Å². The second kappa shape index (κ2) is 10.2. The minimum absolute atomic E-state index is 0.228. The van der Waals surface area contributed by atoms with E-state index in [2.05, 4.69) is 9.88 Å². The van der Waals surface area contributed by atoms with Crippen molar-refractivity contribution < 1.29 is 14.3 Å². The first-order valence-electron chi connectivity index (χ1n) is 10.4. The number of ether oxygens (including phenoxy) is 2. The first-order chi connectivity index (χ1) is 15.7. The summed E-state index contributed by atoms with van der Waals surface area (Å²) < 4.78 is 13.4. The summed E-state index contributed by atoms with van der Waals surface area (Å²) in [6, 6.07) is 22.5. The fourth-order valence-corrected chi connectivity index (χ4v) is 3.77.